The molecule has 10 nitrogen and oxygen atoms in total. The molecule has 0 aromatic carbocycles. The number of β-lactam (4-membered cyclic amide) rings is 1. The second-order valence-electron chi connectivity index (χ2n) is 7.64. The van der Waals surface area contributed by atoms with E-state index in [0.717, 1.165) is 16.9 Å². The maximum atomic E-state index is 13.0. The van der Waals surface area contributed by atoms with E-state index < -0.39 is 31.6 Å². The molecule has 168 valence electrons. The molecule has 1 aromatic heterocycles. The number of nitrogens with two attached hydrogens (primary N) is 1. The first-order valence-corrected chi connectivity index (χ1v) is 16.0. The minimum Gasteiger partial charge on any atom is -0.515 e. The number of amides is 2. The molecule has 1 aromatic rings. The number of nitrogens with zero attached hydrogens (tertiary/aromatic N) is 3. The third kappa shape index (κ3) is 5.06. The van der Waals surface area contributed by atoms with Gasteiger partial charge in [-0.3, -0.25) is 14.5 Å². The summed E-state index contributed by atoms with van der Waals surface area (Å²) in [7, 11) is -0.837. The molecule has 1 fully saturated rings. The van der Waals surface area contributed by atoms with Crippen molar-refractivity contribution in [1.82, 2.24) is 15.2 Å². The summed E-state index contributed by atoms with van der Waals surface area (Å²) in [5, 5.41) is 7.89. The zero-order valence-corrected chi connectivity index (χ0v) is 22.1. The molecule has 0 saturated carbocycles. The number of halogens is 1. The van der Waals surface area contributed by atoms with E-state index in [1.807, 2.05) is 19.6 Å². The number of hydrogen-bond acceptors (Lipinski definition) is 10. The highest BCUT2D eigenvalue weighted by molar-refractivity contribution is 14.1. The highest BCUT2D eigenvalue weighted by Crippen LogP contribution is 2.41. The van der Waals surface area contributed by atoms with Gasteiger partial charge in [-0.15, -0.1) is 23.1 Å². The Balaban J connectivity index is 1.79. The lowest BCUT2D eigenvalue weighted by Crippen LogP contribution is -2.71. The SMILES string of the molecule is CO/N=C(\C(=O)N[C@@H]1C(=O)N2C(C(=O)O[Si](C)(C)C)=C(CI)CS[C@H]12)c1csc(N)n1. The highest BCUT2D eigenvalue weighted by atomic mass is 127. The molecule has 0 aliphatic carbocycles. The van der Waals surface area contributed by atoms with Crippen LogP contribution in [0.4, 0.5) is 5.13 Å². The molecule has 2 aliphatic heterocycles. The lowest BCUT2D eigenvalue weighted by Gasteiger charge is -2.49. The molecular weight excluding hydrogens is 573 g/mol. The third-order valence-electron chi connectivity index (χ3n) is 4.25. The van der Waals surface area contributed by atoms with Gasteiger partial charge in [0.05, 0.1) is 0 Å². The zero-order chi connectivity index (χ0) is 22.9. The van der Waals surface area contributed by atoms with Crippen molar-refractivity contribution in [3.8, 4) is 0 Å². The number of rotatable bonds is 7. The maximum Gasteiger partial charge on any atom is 0.341 e. The molecule has 2 atom stereocenters. The van der Waals surface area contributed by atoms with Crippen LogP contribution in [0.3, 0.4) is 0 Å². The van der Waals surface area contributed by atoms with E-state index in [2.05, 4.69) is 38.0 Å². The Kier molecular flexibility index (Phi) is 7.32. The van der Waals surface area contributed by atoms with E-state index in [1.54, 1.807) is 5.38 Å². The molecule has 0 radical (unpaired) electrons. The monoisotopic (exact) mass is 595 g/mol. The van der Waals surface area contributed by atoms with Crippen LogP contribution in [-0.4, -0.2) is 70.4 Å². The van der Waals surface area contributed by atoms with Crippen LogP contribution in [0.1, 0.15) is 5.69 Å². The summed E-state index contributed by atoms with van der Waals surface area (Å²) in [6.07, 6.45) is 0. The molecule has 0 unspecified atom stereocenters. The second kappa shape index (κ2) is 9.46. The summed E-state index contributed by atoms with van der Waals surface area (Å²) in [5.74, 6) is -0.888. The summed E-state index contributed by atoms with van der Waals surface area (Å²) in [5.41, 5.74) is 6.97. The van der Waals surface area contributed by atoms with E-state index >= 15 is 0 Å². The topological polar surface area (TPSA) is 136 Å². The smallest absolute Gasteiger partial charge is 0.341 e. The molecule has 31 heavy (non-hydrogen) atoms. The molecule has 3 heterocycles. The molecule has 3 N–H and O–H groups in total. The average molecular weight is 596 g/mol. The maximum absolute atomic E-state index is 13.0. The van der Waals surface area contributed by atoms with Crippen molar-refractivity contribution in [3.63, 3.8) is 0 Å². The number of anilines is 1. The summed E-state index contributed by atoms with van der Waals surface area (Å²) in [4.78, 5) is 48.9. The Morgan fingerprint density at radius 2 is 2.16 bits per heavy atom. The van der Waals surface area contributed by atoms with Crippen LogP contribution in [0.25, 0.3) is 0 Å². The van der Waals surface area contributed by atoms with Crippen LogP contribution in [0.15, 0.2) is 21.8 Å². The van der Waals surface area contributed by atoms with Crippen molar-refractivity contribution in [1.29, 1.82) is 0 Å². The van der Waals surface area contributed by atoms with Gasteiger partial charge in [0.25, 0.3) is 11.8 Å². The number of nitrogens with one attached hydrogen (secondary N) is 1. The minimum atomic E-state index is -2.15. The normalized spacial score (nSPS) is 21.4. The lowest BCUT2D eigenvalue weighted by molar-refractivity contribution is -0.149. The van der Waals surface area contributed by atoms with Crippen LogP contribution in [0, 0.1) is 0 Å². The van der Waals surface area contributed by atoms with Crippen LogP contribution in [-0.2, 0) is 23.6 Å². The van der Waals surface area contributed by atoms with Crippen molar-refractivity contribution in [2.75, 3.05) is 23.0 Å². The third-order valence-corrected chi connectivity index (χ3v) is 7.98. The predicted molar refractivity (Wildman–Crippen MR) is 130 cm³/mol. The first-order valence-electron chi connectivity index (χ1n) is 9.16. The number of carbonyl (C=O) groups excluding carboxylic acids is 3. The Morgan fingerprint density at radius 1 is 1.45 bits per heavy atom. The number of fused-ring (bicyclic) bond motifs is 1. The minimum absolute atomic E-state index is 0.0793. The van der Waals surface area contributed by atoms with Crippen molar-refractivity contribution in [2.45, 2.75) is 31.1 Å². The molecule has 1 saturated heterocycles. The summed E-state index contributed by atoms with van der Waals surface area (Å²) in [6, 6.07) is -0.805. The van der Waals surface area contributed by atoms with Gasteiger partial charge in [0, 0.05) is 15.6 Å². The van der Waals surface area contributed by atoms with E-state index in [1.165, 1.54) is 23.8 Å². The standard InChI is InChI=1S/C17H22IN5O5S2Si/c1-27-22-10(9-7-30-17(19)20-9)13(24)21-11-14(25)23-12(16(26)28-31(2,3)4)8(5-18)6-29-15(11)23/h7,11,15H,5-6H2,1-4H3,(H2,19,20)(H,21,24)/b22-10-/t11-,15-/m1/s1. The fourth-order valence-electron chi connectivity index (χ4n) is 3.00. The molecule has 0 spiro atoms. The highest BCUT2D eigenvalue weighted by Gasteiger charge is 2.54. The average Bonchev–Trinajstić information content (AvgIpc) is 3.13. The van der Waals surface area contributed by atoms with Gasteiger partial charge in [0.2, 0.25) is 8.32 Å². The predicted octanol–water partition coefficient (Wildman–Crippen LogP) is 1.54. The zero-order valence-electron chi connectivity index (χ0n) is 17.3. The van der Waals surface area contributed by atoms with E-state index in [0.29, 0.717) is 15.9 Å². The van der Waals surface area contributed by atoms with Gasteiger partial charge in [-0.05, 0) is 25.2 Å². The van der Waals surface area contributed by atoms with Crippen molar-refractivity contribution < 1.29 is 23.6 Å². The van der Waals surface area contributed by atoms with E-state index in [4.69, 9.17) is 15.0 Å². The van der Waals surface area contributed by atoms with Gasteiger partial charge in [-0.2, -0.15) is 0 Å². The van der Waals surface area contributed by atoms with Gasteiger partial charge < -0.3 is 20.3 Å². The summed E-state index contributed by atoms with van der Waals surface area (Å²) < 4.78 is 6.25. The van der Waals surface area contributed by atoms with Gasteiger partial charge in [-0.1, -0.05) is 27.7 Å². The number of hydrogen-bond donors (Lipinski definition) is 2. The number of thiazole rings is 1. The number of carbonyl (C=O) groups is 3. The number of nitrogen functional groups attached to an aromatic ring is 1. The lowest BCUT2D eigenvalue weighted by atomic mass is 10.0. The first kappa shape index (κ1) is 24.0. The Morgan fingerprint density at radius 3 is 2.71 bits per heavy atom. The van der Waals surface area contributed by atoms with E-state index in [9.17, 15) is 14.4 Å². The summed E-state index contributed by atoms with van der Waals surface area (Å²) in [6.45, 7) is 5.73. The van der Waals surface area contributed by atoms with Crippen LogP contribution in [0.2, 0.25) is 19.6 Å². The fraction of sp³-hybridized carbons (Fsp3) is 0.471. The Labute approximate surface area is 202 Å². The van der Waals surface area contributed by atoms with Crippen LogP contribution < -0.4 is 11.1 Å². The quantitative estimate of drug-likeness (QED) is 0.121. The van der Waals surface area contributed by atoms with E-state index in [-0.39, 0.29) is 22.4 Å². The van der Waals surface area contributed by atoms with Crippen molar-refractivity contribution in [2.24, 2.45) is 5.16 Å². The largest absolute Gasteiger partial charge is 0.515 e. The number of thioether (sulfide) groups is 1. The second-order valence-corrected chi connectivity index (χ2v) is 14.8. The molecular formula is C17H22IN5O5S2Si. The molecule has 2 amide bonds. The van der Waals surface area contributed by atoms with Crippen molar-refractivity contribution in [3.05, 3.63) is 22.3 Å². The molecule has 14 heteroatoms. The van der Waals surface area contributed by atoms with Crippen LogP contribution >= 0.6 is 45.7 Å². The molecule has 0 bridgehead atoms. The number of alkyl halides is 1. The fourth-order valence-corrected chi connectivity index (χ4v) is 6.55. The number of oxime groups is 1. The van der Waals surface area contributed by atoms with Gasteiger partial charge in [0.1, 0.15) is 29.9 Å². The van der Waals surface area contributed by atoms with Gasteiger partial charge in [0.15, 0.2) is 10.8 Å². The van der Waals surface area contributed by atoms with Crippen LogP contribution in [0.5, 0.6) is 0 Å². The summed E-state index contributed by atoms with van der Waals surface area (Å²) >= 11 is 4.82. The Hall–Kier alpha value is -1.65. The van der Waals surface area contributed by atoms with Gasteiger partial charge >= 0.3 is 5.97 Å². The van der Waals surface area contributed by atoms with Crippen molar-refractivity contribution >= 4 is 82.6 Å². The van der Waals surface area contributed by atoms with Gasteiger partial charge in [-0.25, -0.2) is 9.78 Å². The Bertz CT molecular complexity index is 976. The first-order chi connectivity index (χ1) is 14.6. The number of aromatic nitrogens is 1. The molecule has 2 aliphatic rings. The molecule has 3 rings (SSSR count).